The molecule has 8 heteroatoms. The molecule has 0 saturated heterocycles. The zero-order chi connectivity index (χ0) is 23.2. The minimum atomic E-state index is -0.382. The van der Waals surface area contributed by atoms with Gasteiger partial charge in [0.15, 0.2) is 5.17 Å². The quantitative estimate of drug-likeness (QED) is 0.508. The Kier molecular flexibility index (Phi) is 7.24. The van der Waals surface area contributed by atoms with Crippen molar-refractivity contribution in [1.82, 2.24) is 5.32 Å². The van der Waals surface area contributed by atoms with E-state index in [9.17, 15) is 13.6 Å². The van der Waals surface area contributed by atoms with Gasteiger partial charge in [-0.05, 0) is 31.2 Å². The first-order valence-corrected chi connectivity index (χ1v) is 11.4. The third-order valence-corrected chi connectivity index (χ3v) is 6.00. The van der Waals surface area contributed by atoms with E-state index in [1.807, 2.05) is 6.92 Å². The van der Waals surface area contributed by atoms with Crippen LogP contribution in [0.3, 0.4) is 0 Å². The number of thioether (sulfide) groups is 1. The van der Waals surface area contributed by atoms with Gasteiger partial charge in [0.25, 0.3) is 5.91 Å². The lowest BCUT2D eigenvalue weighted by Gasteiger charge is -2.13. The molecule has 170 valence electrons. The number of amidine groups is 1. The highest BCUT2D eigenvalue weighted by atomic mass is 32.2. The van der Waals surface area contributed by atoms with Gasteiger partial charge in [-0.25, -0.2) is 8.78 Å². The zero-order valence-electron chi connectivity index (χ0n) is 17.9. The van der Waals surface area contributed by atoms with Gasteiger partial charge in [-0.1, -0.05) is 48.2 Å². The van der Waals surface area contributed by atoms with Crippen molar-refractivity contribution in [1.29, 1.82) is 0 Å². The molecule has 1 heterocycles. The second-order valence-corrected chi connectivity index (χ2v) is 8.51. The highest BCUT2D eigenvalue weighted by Crippen LogP contribution is 2.26. The Bertz CT molecular complexity index is 1120. The van der Waals surface area contributed by atoms with Gasteiger partial charge in [-0.3, -0.25) is 9.79 Å². The van der Waals surface area contributed by atoms with Gasteiger partial charge >= 0.3 is 0 Å². The van der Waals surface area contributed by atoms with E-state index < -0.39 is 0 Å². The number of nitrogens with one attached hydrogen (secondary N) is 1. The highest BCUT2D eigenvalue weighted by Gasteiger charge is 2.18. The summed E-state index contributed by atoms with van der Waals surface area (Å²) in [7, 11) is 0. The summed E-state index contributed by atoms with van der Waals surface area (Å²) >= 11 is 1.47. The lowest BCUT2D eigenvalue weighted by molar-refractivity contribution is 0.0977. The summed E-state index contributed by atoms with van der Waals surface area (Å²) in [6.45, 7) is 1.92. The van der Waals surface area contributed by atoms with E-state index >= 15 is 0 Å². The van der Waals surface area contributed by atoms with Gasteiger partial charge in [0.1, 0.15) is 36.3 Å². The number of carbonyl (C=O) groups is 1. The average molecular weight is 469 g/mol. The van der Waals surface area contributed by atoms with Crippen molar-refractivity contribution < 1.29 is 23.0 Å². The van der Waals surface area contributed by atoms with Gasteiger partial charge in [-0.15, -0.1) is 0 Å². The van der Waals surface area contributed by atoms with Crippen LogP contribution < -0.4 is 14.8 Å². The second-order valence-electron chi connectivity index (χ2n) is 7.50. The van der Waals surface area contributed by atoms with Crippen molar-refractivity contribution in [2.24, 2.45) is 4.99 Å². The topological polar surface area (TPSA) is 59.9 Å². The maximum Gasteiger partial charge on any atom is 0.257 e. The zero-order valence-corrected chi connectivity index (χ0v) is 18.7. The Morgan fingerprint density at radius 1 is 0.970 bits per heavy atom. The minimum absolute atomic E-state index is 0.0232. The SMILES string of the molecule is CC1CSC(NC(=O)c2cc(OCc3ccccc3F)cc(OCc3ccccc3F)c2)=N1. The fraction of sp³-hybridized carbons (Fsp3) is 0.200. The summed E-state index contributed by atoms with van der Waals surface area (Å²) in [6, 6.07) is 17.4. The van der Waals surface area contributed by atoms with Crippen LogP contribution in [0.15, 0.2) is 71.7 Å². The molecule has 0 aliphatic carbocycles. The van der Waals surface area contributed by atoms with E-state index in [0.717, 1.165) is 5.75 Å². The van der Waals surface area contributed by atoms with Crippen molar-refractivity contribution in [2.45, 2.75) is 26.2 Å². The third kappa shape index (κ3) is 6.10. The fourth-order valence-electron chi connectivity index (χ4n) is 3.13. The summed E-state index contributed by atoms with van der Waals surface area (Å²) in [6.07, 6.45) is 0. The van der Waals surface area contributed by atoms with Gasteiger partial charge < -0.3 is 14.8 Å². The molecule has 0 radical (unpaired) electrons. The molecule has 1 N–H and O–H groups in total. The predicted molar refractivity (Wildman–Crippen MR) is 125 cm³/mol. The van der Waals surface area contributed by atoms with Gasteiger partial charge in [0, 0.05) is 28.5 Å². The van der Waals surface area contributed by atoms with Gasteiger partial charge in [0.2, 0.25) is 0 Å². The molecular weight excluding hydrogens is 446 g/mol. The summed E-state index contributed by atoms with van der Waals surface area (Å²) in [5.41, 5.74) is 1.05. The van der Waals surface area contributed by atoms with E-state index in [1.165, 1.54) is 23.9 Å². The number of hydrogen-bond acceptors (Lipinski definition) is 5. The number of aliphatic imine (C=N–C) groups is 1. The van der Waals surface area contributed by atoms with Crippen molar-refractivity contribution in [2.75, 3.05) is 5.75 Å². The molecule has 0 saturated carbocycles. The molecule has 1 aliphatic rings. The molecule has 0 spiro atoms. The van der Waals surface area contributed by atoms with Crippen LogP contribution in [0.2, 0.25) is 0 Å². The maximum absolute atomic E-state index is 14.0. The molecule has 3 aromatic rings. The smallest absolute Gasteiger partial charge is 0.257 e. The Morgan fingerprint density at radius 2 is 1.52 bits per heavy atom. The first kappa shape index (κ1) is 22.8. The van der Waals surface area contributed by atoms with Crippen LogP contribution in [0.5, 0.6) is 11.5 Å². The Balaban J connectivity index is 1.54. The number of hydrogen-bond donors (Lipinski definition) is 1. The lowest BCUT2D eigenvalue weighted by atomic mass is 10.1. The summed E-state index contributed by atoms with van der Waals surface area (Å²) in [5, 5.41) is 3.34. The first-order chi connectivity index (χ1) is 16.0. The molecule has 1 aliphatic heterocycles. The molecule has 5 nitrogen and oxygen atoms in total. The molecule has 0 fully saturated rings. The molecule has 0 bridgehead atoms. The minimum Gasteiger partial charge on any atom is -0.489 e. The molecule has 1 amide bonds. The highest BCUT2D eigenvalue weighted by molar-refractivity contribution is 8.14. The second kappa shape index (κ2) is 10.5. The fourth-order valence-corrected chi connectivity index (χ4v) is 4.03. The van der Waals surface area contributed by atoms with Crippen LogP contribution in [-0.2, 0) is 13.2 Å². The van der Waals surface area contributed by atoms with E-state index in [1.54, 1.807) is 54.6 Å². The molecular formula is C25H22F2N2O3S. The van der Waals surface area contributed by atoms with E-state index in [-0.39, 0.29) is 42.4 Å². The number of amides is 1. The van der Waals surface area contributed by atoms with Crippen molar-refractivity contribution in [3.05, 3.63) is 95.1 Å². The summed E-state index contributed by atoms with van der Waals surface area (Å²) in [5.74, 6) is 0.314. The average Bonchev–Trinajstić information content (AvgIpc) is 3.22. The van der Waals surface area contributed by atoms with Crippen LogP contribution >= 0.6 is 11.8 Å². The normalized spacial score (nSPS) is 15.1. The summed E-state index contributed by atoms with van der Waals surface area (Å²) < 4.78 is 39.4. The van der Waals surface area contributed by atoms with Gasteiger partial charge in [0.05, 0.1) is 6.04 Å². The molecule has 1 atom stereocenters. The van der Waals surface area contributed by atoms with Crippen LogP contribution in [0.25, 0.3) is 0 Å². The molecule has 4 rings (SSSR count). The van der Waals surface area contributed by atoms with E-state index in [0.29, 0.717) is 27.8 Å². The largest absolute Gasteiger partial charge is 0.489 e. The number of halogens is 2. The van der Waals surface area contributed by atoms with Crippen molar-refractivity contribution in [3.8, 4) is 11.5 Å². The van der Waals surface area contributed by atoms with Gasteiger partial charge in [-0.2, -0.15) is 0 Å². The lowest BCUT2D eigenvalue weighted by Crippen LogP contribution is -2.27. The number of carbonyl (C=O) groups excluding carboxylic acids is 1. The standard InChI is InChI=1S/C25H22F2N2O3S/c1-16-15-33-25(28-16)29-24(30)19-10-20(31-13-17-6-2-4-8-22(17)26)12-21(11-19)32-14-18-7-3-5-9-23(18)27/h2-12,16H,13-15H2,1H3,(H,28,29,30). The third-order valence-electron chi connectivity index (χ3n) is 4.87. The van der Waals surface area contributed by atoms with Crippen molar-refractivity contribution >= 4 is 22.8 Å². The van der Waals surface area contributed by atoms with E-state index in [2.05, 4.69) is 10.3 Å². The van der Waals surface area contributed by atoms with Crippen LogP contribution in [0, 0.1) is 11.6 Å². The molecule has 3 aromatic carbocycles. The maximum atomic E-state index is 14.0. The predicted octanol–water partition coefficient (Wildman–Crippen LogP) is 5.34. The van der Waals surface area contributed by atoms with Crippen LogP contribution in [0.1, 0.15) is 28.4 Å². The molecule has 33 heavy (non-hydrogen) atoms. The summed E-state index contributed by atoms with van der Waals surface area (Å²) in [4.78, 5) is 17.2. The Labute approximate surface area is 194 Å². The Hall–Kier alpha value is -3.39. The van der Waals surface area contributed by atoms with E-state index in [4.69, 9.17) is 9.47 Å². The number of nitrogens with zero attached hydrogens (tertiary/aromatic N) is 1. The monoisotopic (exact) mass is 468 g/mol. The van der Waals surface area contributed by atoms with Crippen LogP contribution in [-0.4, -0.2) is 22.9 Å². The number of rotatable bonds is 7. The number of benzene rings is 3. The van der Waals surface area contributed by atoms with Crippen molar-refractivity contribution in [3.63, 3.8) is 0 Å². The van der Waals surface area contributed by atoms with Crippen LogP contribution in [0.4, 0.5) is 8.78 Å². The molecule has 1 unspecified atom stereocenters. The molecule has 0 aromatic heterocycles. The Morgan fingerprint density at radius 3 is 2.00 bits per heavy atom. The first-order valence-electron chi connectivity index (χ1n) is 10.4. The number of ether oxygens (including phenoxy) is 2.